The third kappa shape index (κ3) is 3.04. The first-order valence-electron chi connectivity index (χ1n) is 6.82. The first-order valence-corrected chi connectivity index (χ1v) is 6.82. The summed E-state index contributed by atoms with van der Waals surface area (Å²) in [7, 11) is 0. The molecule has 2 amide bonds. The van der Waals surface area contributed by atoms with Crippen LogP contribution in [0.2, 0.25) is 0 Å². The maximum Gasteiger partial charge on any atom is 0.326 e. The second kappa shape index (κ2) is 5.95. The van der Waals surface area contributed by atoms with E-state index >= 15 is 0 Å². The lowest BCUT2D eigenvalue weighted by Crippen LogP contribution is -2.40. The standard InChI is InChI=1S/C15H18N2O4/c1-9-11(5-3-6-12(9)16-10(2)18)14(19)17-8-4-7-13(17)15(20)21/h3,5-6,13H,4,7-8H2,1-2H3,(H,16,18)(H,20,21)/t13-/m0/s1. The maximum atomic E-state index is 12.6. The molecule has 1 aromatic carbocycles. The van der Waals surface area contributed by atoms with Crippen LogP contribution in [-0.2, 0) is 9.59 Å². The van der Waals surface area contributed by atoms with Crippen molar-refractivity contribution in [1.29, 1.82) is 0 Å². The molecule has 0 saturated carbocycles. The molecule has 2 N–H and O–H groups in total. The summed E-state index contributed by atoms with van der Waals surface area (Å²) in [6.45, 7) is 3.58. The van der Waals surface area contributed by atoms with Gasteiger partial charge in [-0.05, 0) is 37.5 Å². The van der Waals surface area contributed by atoms with Gasteiger partial charge in [0.2, 0.25) is 5.91 Å². The van der Waals surface area contributed by atoms with Crippen molar-refractivity contribution in [3.63, 3.8) is 0 Å². The number of hydrogen-bond acceptors (Lipinski definition) is 3. The van der Waals surface area contributed by atoms with Crippen molar-refractivity contribution < 1.29 is 19.5 Å². The summed E-state index contributed by atoms with van der Waals surface area (Å²) in [6, 6.07) is 4.28. The second-order valence-electron chi connectivity index (χ2n) is 5.15. The Balaban J connectivity index is 2.31. The molecule has 6 heteroatoms. The third-order valence-corrected chi connectivity index (χ3v) is 3.67. The molecule has 1 fully saturated rings. The van der Waals surface area contributed by atoms with Crippen molar-refractivity contribution in [2.24, 2.45) is 0 Å². The topological polar surface area (TPSA) is 86.7 Å². The highest BCUT2D eigenvalue weighted by Gasteiger charge is 2.35. The molecule has 0 aromatic heterocycles. The van der Waals surface area contributed by atoms with Gasteiger partial charge >= 0.3 is 5.97 Å². The molecule has 6 nitrogen and oxygen atoms in total. The number of carbonyl (C=O) groups excluding carboxylic acids is 2. The number of nitrogens with one attached hydrogen (secondary N) is 1. The summed E-state index contributed by atoms with van der Waals surface area (Å²) in [4.78, 5) is 36.3. The molecule has 0 unspecified atom stereocenters. The molecular formula is C15H18N2O4. The van der Waals surface area contributed by atoms with Crippen LogP contribution in [0.5, 0.6) is 0 Å². The minimum atomic E-state index is -0.975. The van der Waals surface area contributed by atoms with Gasteiger partial charge < -0.3 is 15.3 Å². The van der Waals surface area contributed by atoms with Crippen LogP contribution in [0.1, 0.15) is 35.7 Å². The normalized spacial score (nSPS) is 17.6. The van der Waals surface area contributed by atoms with E-state index in [2.05, 4.69) is 5.32 Å². The van der Waals surface area contributed by atoms with Crippen LogP contribution in [0.3, 0.4) is 0 Å². The lowest BCUT2D eigenvalue weighted by Gasteiger charge is -2.23. The number of nitrogens with zero attached hydrogens (tertiary/aromatic N) is 1. The van der Waals surface area contributed by atoms with E-state index in [1.54, 1.807) is 25.1 Å². The fraction of sp³-hybridized carbons (Fsp3) is 0.400. The van der Waals surface area contributed by atoms with Gasteiger partial charge in [-0.3, -0.25) is 9.59 Å². The average Bonchev–Trinajstić information content (AvgIpc) is 2.89. The summed E-state index contributed by atoms with van der Waals surface area (Å²) in [5, 5.41) is 11.8. The van der Waals surface area contributed by atoms with Crippen LogP contribution in [0.25, 0.3) is 0 Å². The van der Waals surface area contributed by atoms with Crippen LogP contribution in [-0.4, -0.2) is 40.4 Å². The summed E-state index contributed by atoms with van der Waals surface area (Å²) < 4.78 is 0. The Kier molecular flexibility index (Phi) is 4.26. The first kappa shape index (κ1) is 15.0. The van der Waals surface area contributed by atoms with E-state index in [9.17, 15) is 19.5 Å². The van der Waals surface area contributed by atoms with Gasteiger partial charge in [0.15, 0.2) is 0 Å². The number of likely N-dealkylation sites (tertiary alicyclic amines) is 1. The number of carbonyl (C=O) groups is 3. The second-order valence-corrected chi connectivity index (χ2v) is 5.15. The number of amides is 2. The molecule has 0 aliphatic carbocycles. The zero-order chi connectivity index (χ0) is 15.6. The summed E-state index contributed by atoms with van der Waals surface area (Å²) in [6.07, 6.45) is 1.17. The van der Waals surface area contributed by atoms with Gasteiger partial charge in [0.1, 0.15) is 6.04 Å². The number of carboxylic acids is 1. The van der Waals surface area contributed by atoms with Crippen molar-refractivity contribution in [2.75, 3.05) is 11.9 Å². The van der Waals surface area contributed by atoms with Crippen molar-refractivity contribution in [1.82, 2.24) is 4.90 Å². The van der Waals surface area contributed by atoms with Gasteiger partial charge in [0, 0.05) is 24.7 Å². The first-order chi connectivity index (χ1) is 9.91. The van der Waals surface area contributed by atoms with E-state index in [-0.39, 0.29) is 11.8 Å². The predicted molar refractivity (Wildman–Crippen MR) is 77.2 cm³/mol. The average molecular weight is 290 g/mol. The SMILES string of the molecule is CC(=O)Nc1cccc(C(=O)N2CCC[C@H]2C(=O)O)c1C. The number of anilines is 1. The molecule has 2 rings (SSSR count). The van der Waals surface area contributed by atoms with Gasteiger partial charge in [-0.2, -0.15) is 0 Å². The number of benzene rings is 1. The number of rotatable bonds is 3. The molecule has 0 spiro atoms. The highest BCUT2D eigenvalue weighted by atomic mass is 16.4. The monoisotopic (exact) mass is 290 g/mol. The molecule has 0 radical (unpaired) electrons. The van der Waals surface area contributed by atoms with Gasteiger partial charge in [-0.25, -0.2) is 4.79 Å². The van der Waals surface area contributed by atoms with Gasteiger partial charge in [-0.15, -0.1) is 0 Å². The Bertz CT molecular complexity index is 597. The van der Waals surface area contributed by atoms with Gasteiger partial charge in [-0.1, -0.05) is 6.07 Å². The minimum absolute atomic E-state index is 0.215. The molecule has 112 valence electrons. The smallest absolute Gasteiger partial charge is 0.326 e. The van der Waals surface area contributed by atoms with E-state index in [0.717, 1.165) is 0 Å². The maximum absolute atomic E-state index is 12.6. The molecule has 1 atom stereocenters. The van der Waals surface area contributed by atoms with E-state index in [1.165, 1.54) is 11.8 Å². The lowest BCUT2D eigenvalue weighted by atomic mass is 10.0. The van der Waals surface area contributed by atoms with Crippen LogP contribution < -0.4 is 5.32 Å². The zero-order valence-electron chi connectivity index (χ0n) is 12.0. The molecule has 21 heavy (non-hydrogen) atoms. The van der Waals surface area contributed by atoms with Crippen LogP contribution >= 0.6 is 0 Å². The molecule has 1 saturated heterocycles. The largest absolute Gasteiger partial charge is 0.480 e. The van der Waals surface area contributed by atoms with Crippen LogP contribution in [0, 0.1) is 6.92 Å². The Morgan fingerprint density at radius 2 is 2.05 bits per heavy atom. The van der Waals surface area contributed by atoms with E-state index in [1.807, 2.05) is 0 Å². The van der Waals surface area contributed by atoms with Crippen molar-refractivity contribution in [3.8, 4) is 0 Å². The molecule has 1 aliphatic rings. The predicted octanol–water partition coefficient (Wildman–Crippen LogP) is 1.64. The van der Waals surface area contributed by atoms with Crippen molar-refractivity contribution >= 4 is 23.5 Å². The van der Waals surface area contributed by atoms with E-state index in [4.69, 9.17) is 0 Å². The summed E-state index contributed by atoms with van der Waals surface area (Å²) in [5.74, 6) is -1.49. The Labute approximate surface area is 122 Å². The molecule has 1 aromatic rings. The fourth-order valence-electron chi connectivity index (χ4n) is 2.61. The highest BCUT2D eigenvalue weighted by Crippen LogP contribution is 2.25. The zero-order valence-corrected chi connectivity index (χ0v) is 12.0. The van der Waals surface area contributed by atoms with Gasteiger partial charge in [0.05, 0.1) is 0 Å². The number of hydrogen-bond donors (Lipinski definition) is 2. The minimum Gasteiger partial charge on any atom is -0.480 e. The molecular weight excluding hydrogens is 272 g/mol. The number of carboxylic acid groups (broad SMARTS) is 1. The Morgan fingerprint density at radius 3 is 2.67 bits per heavy atom. The Hall–Kier alpha value is -2.37. The van der Waals surface area contributed by atoms with E-state index in [0.29, 0.717) is 36.2 Å². The molecule has 0 bridgehead atoms. The van der Waals surface area contributed by atoms with Crippen LogP contribution in [0.4, 0.5) is 5.69 Å². The third-order valence-electron chi connectivity index (χ3n) is 3.67. The summed E-state index contributed by atoms with van der Waals surface area (Å²) >= 11 is 0. The number of aliphatic carboxylic acids is 1. The quantitative estimate of drug-likeness (QED) is 0.886. The van der Waals surface area contributed by atoms with E-state index < -0.39 is 12.0 Å². The Morgan fingerprint density at radius 1 is 1.33 bits per heavy atom. The van der Waals surface area contributed by atoms with Crippen molar-refractivity contribution in [2.45, 2.75) is 32.7 Å². The highest BCUT2D eigenvalue weighted by molar-refractivity contribution is 6.00. The van der Waals surface area contributed by atoms with Crippen LogP contribution in [0.15, 0.2) is 18.2 Å². The summed E-state index contributed by atoms with van der Waals surface area (Å²) in [5.41, 5.74) is 1.64. The molecule has 1 aliphatic heterocycles. The van der Waals surface area contributed by atoms with Crippen molar-refractivity contribution in [3.05, 3.63) is 29.3 Å². The lowest BCUT2D eigenvalue weighted by molar-refractivity contribution is -0.141. The molecule has 1 heterocycles. The van der Waals surface area contributed by atoms with Gasteiger partial charge in [0.25, 0.3) is 5.91 Å². The fourth-order valence-corrected chi connectivity index (χ4v) is 2.61.